The van der Waals surface area contributed by atoms with E-state index in [0.29, 0.717) is 38.0 Å². The quantitative estimate of drug-likeness (QED) is 0.221. The molecule has 46 heavy (non-hydrogen) atoms. The number of nitrogens with one attached hydrogen (secondary N) is 1. The van der Waals surface area contributed by atoms with Crippen molar-refractivity contribution in [2.75, 3.05) is 13.1 Å². The SMILES string of the molecule is O=C1CC(c2cc(F)cc(F)c2F)CN1Cc1cnn(Cc2ccccc2)c1.O=C1CC(c2ccccc2)CN1Cc1cn[nH]c1. The second-order valence-electron chi connectivity index (χ2n) is 11.7. The summed E-state index contributed by atoms with van der Waals surface area (Å²) >= 11 is 0. The third-order valence-electron chi connectivity index (χ3n) is 8.34. The number of halogens is 3. The Morgan fingerprint density at radius 1 is 0.739 bits per heavy atom. The first-order chi connectivity index (χ1) is 22.3. The van der Waals surface area contributed by atoms with Crippen molar-refractivity contribution in [3.05, 3.63) is 143 Å². The molecule has 5 aromatic rings. The summed E-state index contributed by atoms with van der Waals surface area (Å²) < 4.78 is 42.8. The summed E-state index contributed by atoms with van der Waals surface area (Å²) in [6.07, 6.45) is 7.79. The van der Waals surface area contributed by atoms with E-state index in [2.05, 4.69) is 27.4 Å². The highest BCUT2D eigenvalue weighted by Gasteiger charge is 2.33. The third kappa shape index (κ3) is 7.36. The summed E-state index contributed by atoms with van der Waals surface area (Å²) in [6.45, 7) is 2.60. The molecule has 236 valence electrons. The molecule has 2 atom stereocenters. The van der Waals surface area contributed by atoms with Crippen LogP contribution in [0.5, 0.6) is 0 Å². The van der Waals surface area contributed by atoms with Crippen LogP contribution < -0.4 is 0 Å². The minimum absolute atomic E-state index is 0.0258. The average Bonchev–Trinajstić information content (AvgIpc) is 3.87. The van der Waals surface area contributed by atoms with Crippen LogP contribution in [0.1, 0.15) is 52.5 Å². The zero-order chi connectivity index (χ0) is 32.0. The van der Waals surface area contributed by atoms with Crippen molar-refractivity contribution in [1.29, 1.82) is 0 Å². The predicted molar refractivity (Wildman–Crippen MR) is 165 cm³/mol. The first kappa shape index (κ1) is 30.8. The molecule has 1 N–H and O–H groups in total. The zero-order valence-corrected chi connectivity index (χ0v) is 25.0. The molecule has 11 heteroatoms. The molecule has 0 radical (unpaired) electrons. The standard InChI is InChI=1S/C21H18F3N3O.C14H15N3O/c22-17-7-18(21(24)19(23)8-17)16-6-20(28)26(13-16)10-15-9-25-27(12-15)11-14-4-2-1-3-5-14;18-14-6-13(12-4-2-1-3-5-12)10-17(14)9-11-7-15-16-8-11/h1-5,7-9,12,16H,6,10-11,13H2;1-5,7-8,13H,6,9-10H2,(H,15,16). The number of benzene rings is 3. The summed E-state index contributed by atoms with van der Waals surface area (Å²) in [7, 11) is 0. The molecular weight excluding hydrogens is 593 g/mol. The van der Waals surface area contributed by atoms with Crippen molar-refractivity contribution in [2.45, 2.75) is 44.3 Å². The van der Waals surface area contributed by atoms with E-state index >= 15 is 0 Å². The van der Waals surface area contributed by atoms with Crippen molar-refractivity contribution < 1.29 is 22.8 Å². The van der Waals surface area contributed by atoms with Crippen LogP contribution >= 0.6 is 0 Å². The first-order valence-corrected chi connectivity index (χ1v) is 15.1. The fourth-order valence-electron chi connectivity index (χ4n) is 6.03. The molecule has 2 aromatic heterocycles. The van der Waals surface area contributed by atoms with Gasteiger partial charge in [-0.2, -0.15) is 10.2 Å². The van der Waals surface area contributed by atoms with Gasteiger partial charge in [-0.25, -0.2) is 13.2 Å². The molecule has 4 heterocycles. The van der Waals surface area contributed by atoms with Gasteiger partial charge in [-0.05, 0) is 22.8 Å². The lowest BCUT2D eigenvalue weighted by molar-refractivity contribution is -0.129. The number of H-pyrrole nitrogens is 1. The zero-order valence-electron chi connectivity index (χ0n) is 25.0. The van der Waals surface area contributed by atoms with Gasteiger partial charge in [0.25, 0.3) is 0 Å². The van der Waals surface area contributed by atoms with Gasteiger partial charge in [0.2, 0.25) is 11.8 Å². The van der Waals surface area contributed by atoms with Gasteiger partial charge in [-0.1, -0.05) is 60.7 Å². The van der Waals surface area contributed by atoms with E-state index in [1.807, 2.05) is 65.8 Å². The van der Waals surface area contributed by atoms with Crippen LogP contribution in [0.15, 0.2) is 97.6 Å². The van der Waals surface area contributed by atoms with Crippen molar-refractivity contribution in [3.8, 4) is 0 Å². The van der Waals surface area contributed by atoms with Gasteiger partial charge in [-0.3, -0.25) is 19.4 Å². The summed E-state index contributed by atoms with van der Waals surface area (Å²) in [6, 6.07) is 21.6. The lowest BCUT2D eigenvalue weighted by Crippen LogP contribution is -2.24. The molecule has 2 amide bonds. The van der Waals surface area contributed by atoms with E-state index < -0.39 is 23.4 Å². The molecule has 2 unspecified atom stereocenters. The molecular formula is C35H33F3N6O2. The van der Waals surface area contributed by atoms with Gasteiger partial charge in [0.1, 0.15) is 5.82 Å². The first-order valence-electron chi connectivity index (χ1n) is 15.1. The lowest BCUT2D eigenvalue weighted by atomic mass is 9.97. The Balaban J connectivity index is 0.000000178. The van der Waals surface area contributed by atoms with E-state index in [9.17, 15) is 22.8 Å². The van der Waals surface area contributed by atoms with Gasteiger partial charge >= 0.3 is 0 Å². The lowest BCUT2D eigenvalue weighted by Gasteiger charge is -2.16. The number of aromatic amines is 1. The number of aromatic nitrogens is 4. The molecule has 3 aromatic carbocycles. The van der Waals surface area contributed by atoms with Gasteiger partial charge in [0.15, 0.2) is 11.6 Å². The van der Waals surface area contributed by atoms with Crippen molar-refractivity contribution in [2.24, 2.45) is 0 Å². The van der Waals surface area contributed by atoms with Gasteiger partial charge in [0.05, 0.1) is 18.9 Å². The van der Waals surface area contributed by atoms with Crippen LogP contribution in [0, 0.1) is 17.5 Å². The maximum atomic E-state index is 14.0. The molecule has 2 fully saturated rings. The Morgan fingerprint density at radius 3 is 2.09 bits per heavy atom. The highest BCUT2D eigenvalue weighted by atomic mass is 19.2. The van der Waals surface area contributed by atoms with Gasteiger partial charge < -0.3 is 9.80 Å². The molecule has 7 rings (SSSR count). The molecule has 0 aliphatic carbocycles. The number of hydrogen-bond acceptors (Lipinski definition) is 4. The normalized spacial score (nSPS) is 17.8. The summed E-state index contributed by atoms with van der Waals surface area (Å²) in [4.78, 5) is 27.8. The molecule has 2 aliphatic rings. The van der Waals surface area contributed by atoms with E-state index in [1.54, 1.807) is 22.0 Å². The second kappa shape index (κ2) is 13.8. The predicted octanol–water partition coefficient (Wildman–Crippen LogP) is 5.79. The number of nitrogens with zero attached hydrogens (tertiary/aromatic N) is 5. The van der Waals surface area contributed by atoms with Crippen LogP contribution in [0.3, 0.4) is 0 Å². The monoisotopic (exact) mass is 626 g/mol. The van der Waals surface area contributed by atoms with E-state index in [0.717, 1.165) is 29.3 Å². The van der Waals surface area contributed by atoms with Gasteiger partial charge in [0, 0.05) is 80.4 Å². The van der Waals surface area contributed by atoms with Crippen molar-refractivity contribution in [3.63, 3.8) is 0 Å². The second-order valence-corrected chi connectivity index (χ2v) is 11.7. The Bertz CT molecular complexity index is 1780. The van der Waals surface area contributed by atoms with Crippen molar-refractivity contribution >= 4 is 11.8 Å². The number of carbonyl (C=O) groups excluding carboxylic acids is 2. The van der Waals surface area contributed by atoms with Crippen molar-refractivity contribution in [1.82, 2.24) is 29.8 Å². The number of amides is 2. The minimum atomic E-state index is -1.23. The highest BCUT2D eigenvalue weighted by molar-refractivity contribution is 5.80. The largest absolute Gasteiger partial charge is 0.338 e. The molecule has 0 spiro atoms. The topological polar surface area (TPSA) is 87.1 Å². The van der Waals surface area contributed by atoms with E-state index in [-0.39, 0.29) is 30.3 Å². The third-order valence-corrected chi connectivity index (χ3v) is 8.34. The Labute approximate surface area is 264 Å². The van der Waals surface area contributed by atoms with Crippen LogP contribution in [0.25, 0.3) is 0 Å². The van der Waals surface area contributed by atoms with Gasteiger partial charge in [-0.15, -0.1) is 0 Å². The van der Waals surface area contributed by atoms with Crippen LogP contribution in [-0.2, 0) is 29.2 Å². The Kier molecular flexibility index (Phi) is 9.28. The average molecular weight is 627 g/mol. The number of rotatable bonds is 8. The fraction of sp³-hybridized carbons (Fsp3) is 0.257. The van der Waals surface area contributed by atoms with Crippen LogP contribution in [0.2, 0.25) is 0 Å². The summed E-state index contributed by atoms with van der Waals surface area (Å²) in [5.74, 6) is -3.36. The summed E-state index contributed by atoms with van der Waals surface area (Å²) in [5.41, 5.74) is 4.17. The van der Waals surface area contributed by atoms with E-state index in [1.165, 1.54) is 5.56 Å². The number of likely N-dealkylation sites (tertiary alicyclic amines) is 2. The summed E-state index contributed by atoms with van der Waals surface area (Å²) in [5, 5.41) is 11.0. The van der Waals surface area contributed by atoms with E-state index in [4.69, 9.17) is 0 Å². The van der Waals surface area contributed by atoms with Crippen LogP contribution in [0.4, 0.5) is 13.2 Å². The smallest absolute Gasteiger partial charge is 0.223 e. The molecule has 2 aliphatic heterocycles. The number of carbonyl (C=O) groups is 2. The Hall–Kier alpha value is -5.19. The fourth-order valence-corrected chi connectivity index (χ4v) is 6.03. The molecule has 0 bridgehead atoms. The Morgan fingerprint density at radius 2 is 1.39 bits per heavy atom. The maximum Gasteiger partial charge on any atom is 0.223 e. The highest BCUT2D eigenvalue weighted by Crippen LogP contribution is 2.32. The molecule has 2 saturated heterocycles. The van der Waals surface area contributed by atoms with Crippen LogP contribution in [-0.4, -0.2) is 54.7 Å². The molecule has 0 saturated carbocycles. The maximum absolute atomic E-state index is 14.0. The minimum Gasteiger partial charge on any atom is -0.338 e. The number of hydrogen-bond donors (Lipinski definition) is 1. The molecule has 8 nitrogen and oxygen atoms in total.